The topological polar surface area (TPSA) is 3.24 Å². The van der Waals surface area contributed by atoms with Crippen molar-refractivity contribution in [2.45, 2.75) is 64.3 Å². The van der Waals surface area contributed by atoms with Gasteiger partial charge in [-0.1, -0.05) is 18.9 Å². The molecule has 0 aromatic heterocycles. The number of allylic oxidation sites excluding steroid dienone is 4. The van der Waals surface area contributed by atoms with Crippen LogP contribution in [0, 0.1) is 0 Å². The fourth-order valence-electron chi connectivity index (χ4n) is 3.48. The maximum absolute atomic E-state index is 2.72. The first kappa shape index (κ1) is 9.50. The summed E-state index contributed by atoms with van der Waals surface area (Å²) < 4.78 is 0. The Labute approximate surface area is 92.8 Å². The van der Waals surface area contributed by atoms with Gasteiger partial charge in [-0.05, 0) is 51.0 Å². The molecule has 3 rings (SSSR count). The summed E-state index contributed by atoms with van der Waals surface area (Å²) in [7, 11) is 0. The maximum Gasteiger partial charge on any atom is 0.0335 e. The SMILES string of the molecule is CC1=C2CCCC(=CC1)N2C1CCCC1. The highest BCUT2D eigenvalue weighted by atomic mass is 15.2. The minimum atomic E-state index is 0.849. The molecule has 2 fully saturated rings. The smallest absolute Gasteiger partial charge is 0.0335 e. The van der Waals surface area contributed by atoms with E-state index in [1.807, 2.05) is 0 Å². The van der Waals surface area contributed by atoms with Gasteiger partial charge in [0, 0.05) is 17.4 Å². The van der Waals surface area contributed by atoms with Gasteiger partial charge >= 0.3 is 0 Å². The van der Waals surface area contributed by atoms with Crippen molar-refractivity contribution >= 4 is 0 Å². The fraction of sp³-hybridized carbons (Fsp3) is 0.714. The number of nitrogens with zero attached hydrogens (tertiary/aromatic N) is 1. The molecule has 1 heteroatoms. The van der Waals surface area contributed by atoms with E-state index in [0.717, 1.165) is 6.04 Å². The predicted octanol–water partition coefficient (Wildman–Crippen LogP) is 3.98. The number of piperidine rings is 1. The fourth-order valence-corrected chi connectivity index (χ4v) is 3.48. The summed E-state index contributed by atoms with van der Waals surface area (Å²) in [4.78, 5) is 2.72. The molecule has 1 aliphatic carbocycles. The van der Waals surface area contributed by atoms with Gasteiger partial charge in [0.05, 0.1) is 0 Å². The number of fused-ring (bicyclic) bond motifs is 2. The second-order valence-electron chi connectivity index (χ2n) is 5.29. The van der Waals surface area contributed by atoms with E-state index in [0.29, 0.717) is 0 Å². The third-order valence-corrected chi connectivity index (χ3v) is 4.27. The zero-order valence-corrected chi connectivity index (χ0v) is 9.76. The summed E-state index contributed by atoms with van der Waals surface area (Å²) in [5.41, 5.74) is 4.96. The Balaban J connectivity index is 1.92. The molecular weight excluding hydrogens is 182 g/mol. The van der Waals surface area contributed by atoms with Gasteiger partial charge in [0.1, 0.15) is 0 Å². The van der Waals surface area contributed by atoms with Crippen LogP contribution in [-0.2, 0) is 0 Å². The lowest BCUT2D eigenvalue weighted by Crippen LogP contribution is -2.36. The van der Waals surface area contributed by atoms with Crippen LogP contribution in [0.15, 0.2) is 23.0 Å². The number of rotatable bonds is 1. The molecule has 2 bridgehead atoms. The number of hydrogen-bond acceptors (Lipinski definition) is 1. The summed E-state index contributed by atoms with van der Waals surface area (Å²) in [6, 6.07) is 0.849. The van der Waals surface area contributed by atoms with E-state index in [1.54, 1.807) is 17.0 Å². The zero-order chi connectivity index (χ0) is 10.3. The first-order valence-corrected chi connectivity index (χ1v) is 6.53. The summed E-state index contributed by atoms with van der Waals surface area (Å²) in [6.07, 6.45) is 13.5. The van der Waals surface area contributed by atoms with Crippen molar-refractivity contribution in [3.63, 3.8) is 0 Å². The van der Waals surface area contributed by atoms with Gasteiger partial charge in [0.2, 0.25) is 0 Å². The van der Waals surface area contributed by atoms with Crippen molar-refractivity contribution in [3.05, 3.63) is 23.0 Å². The largest absolute Gasteiger partial charge is 0.346 e. The van der Waals surface area contributed by atoms with Gasteiger partial charge in [-0.2, -0.15) is 0 Å². The highest BCUT2D eigenvalue weighted by Crippen LogP contribution is 2.41. The second kappa shape index (κ2) is 3.70. The summed E-state index contributed by atoms with van der Waals surface area (Å²) in [6.45, 7) is 2.33. The minimum Gasteiger partial charge on any atom is -0.346 e. The molecule has 1 nitrogen and oxygen atoms in total. The Morgan fingerprint density at radius 2 is 1.93 bits per heavy atom. The average Bonchev–Trinajstić information content (AvgIpc) is 2.76. The molecular formula is C14H21N. The van der Waals surface area contributed by atoms with Gasteiger partial charge in [0.15, 0.2) is 0 Å². The van der Waals surface area contributed by atoms with Crippen LogP contribution in [0.5, 0.6) is 0 Å². The van der Waals surface area contributed by atoms with E-state index in [-0.39, 0.29) is 0 Å². The first-order valence-electron chi connectivity index (χ1n) is 6.53. The lowest BCUT2D eigenvalue weighted by atomic mass is 9.91. The third-order valence-electron chi connectivity index (χ3n) is 4.27. The van der Waals surface area contributed by atoms with Crippen LogP contribution in [0.2, 0.25) is 0 Å². The van der Waals surface area contributed by atoms with E-state index in [2.05, 4.69) is 17.9 Å². The summed E-state index contributed by atoms with van der Waals surface area (Å²) in [5.74, 6) is 0. The van der Waals surface area contributed by atoms with Crippen molar-refractivity contribution in [1.29, 1.82) is 0 Å². The van der Waals surface area contributed by atoms with Crippen molar-refractivity contribution in [2.75, 3.05) is 0 Å². The predicted molar refractivity (Wildman–Crippen MR) is 63.3 cm³/mol. The van der Waals surface area contributed by atoms with Gasteiger partial charge in [0.25, 0.3) is 0 Å². The van der Waals surface area contributed by atoms with Crippen molar-refractivity contribution < 1.29 is 0 Å². The molecule has 1 saturated heterocycles. The molecule has 3 aliphatic rings. The molecule has 0 radical (unpaired) electrons. The Hall–Kier alpha value is -0.720. The first-order chi connectivity index (χ1) is 7.36. The highest BCUT2D eigenvalue weighted by molar-refractivity contribution is 5.30. The summed E-state index contributed by atoms with van der Waals surface area (Å²) in [5, 5.41) is 0. The molecule has 0 aromatic rings. The number of hydrogen-bond donors (Lipinski definition) is 0. The molecule has 1 saturated carbocycles. The minimum absolute atomic E-state index is 0.849. The molecule has 0 unspecified atom stereocenters. The molecule has 2 aliphatic heterocycles. The summed E-state index contributed by atoms with van der Waals surface area (Å²) >= 11 is 0. The molecule has 0 amide bonds. The van der Waals surface area contributed by atoms with Gasteiger partial charge in [-0.15, -0.1) is 0 Å². The van der Waals surface area contributed by atoms with E-state index in [9.17, 15) is 0 Å². The van der Waals surface area contributed by atoms with Crippen LogP contribution in [0.1, 0.15) is 58.3 Å². The van der Waals surface area contributed by atoms with Crippen LogP contribution in [0.3, 0.4) is 0 Å². The van der Waals surface area contributed by atoms with Crippen molar-refractivity contribution in [2.24, 2.45) is 0 Å². The third kappa shape index (κ3) is 1.53. The molecule has 15 heavy (non-hydrogen) atoms. The monoisotopic (exact) mass is 203 g/mol. The van der Waals surface area contributed by atoms with Crippen LogP contribution in [-0.4, -0.2) is 10.9 Å². The molecule has 0 aromatic carbocycles. The Bertz CT molecular complexity index is 318. The molecule has 0 N–H and O–H groups in total. The van der Waals surface area contributed by atoms with Gasteiger partial charge in [-0.3, -0.25) is 0 Å². The zero-order valence-electron chi connectivity index (χ0n) is 9.76. The Morgan fingerprint density at radius 1 is 1.13 bits per heavy atom. The van der Waals surface area contributed by atoms with Crippen LogP contribution in [0.25, 0.3) is 0 Å². The Kier molecular flexibility index (Phi) is 2.34. The van der Waals surface area contributed by atoms with Crippen LogP contribution >= 0.6 is 0 Å². The van der Waals surface area contributed by atoms with E-state index in [1.165, 1.54) is 51.4 Å². The van der Waals surface area contributed by atoms with E-state index < -0.39 is 0 Å². The van der Waals surface area contributed by atoms with Gasteiger partial charge in [-0.25, -0.2) is 0 Å². The molecule has 2 heterocycles. The Morgan fingerprint density at radius 3 is 2.73 bits per heavy atom. The lowest BCUT2D eigenvalue weighted by Gasteiger charge is -2.42. The molecule has 0 spiro atoms. The lowest BCUT2D eigenvalue weighted by molar-refractivity contribution is 0.263. The van der Waals surface area contributed by atoms with E-state index in [4.69, 9.17) is 0 Å². The quantitative estimate of drug-likeness (QED) is 0.623. The van der Waals surface area contributed by atoms with Crippen molar-refractivity contribution in [3.8, 4) is 0 Å². The highest BCUT2D eigenvalue weighted by Gasteiger charge is 2.31. The molecule has 82 valence electrons. The van der Waals surface area contributed by atoms with Gasteiger partial charge < -0.3 is 4.90 Å². The van der Waals surface area contributed by atoms with Crippen LogP contribution < -0.4 is 0 Å². The maximum atomic E-state index is 2.72. The van der Waals surface area contributed by atoms with E-state index >= 15 is 0 Å². The van der Waals surface area contributed by atoms with Crippen LogP contribution in [0.4, 0.5) is 0 Å². The van der Waals surface area contributed by atoms with Crippen molar-refractivity contribution in [1.82, 2.24) is 4.90 Å². The standard InChI is InChI=1S/C14H21N/c1-11-9-10-13-7-4-8-14(11)15(13)12-5-2-3-6-12/h10,12H,2-9H2,1H3. The molecule has 0 atom stereocenters. The average molecular weight is 203 g/mol. The second-order valence-corrected chi connectivity index (χ2v) is 5.29. The normalized spacial score (nSPS) is 27.3.